The van der Waals surface area contributed by atoms with E-state index in [9.17, 15) is 4.79 Å². The molecule has 0 N–H and O–H groups in total. The van der Waals surface area contributed by atoms with Gasteiger partial charge in [0.1, 0.15) is 18.2 Å². The van der Waals surface area contributed by atoms with E-state index in [1.807, 2.05) is 19.0 Å². The minimum absolute atomic E-state index is 0.0371. The van der Waals surface area contributed by atoms with Crippen molar-refractivity contribution in [2.45, 2.75) is 78.2 Å². The number of oxazole rings is 1. The first kappa shape index (κ1) is 22.8. The second-order valence-electron chi connectivity index (χ2n) is 11.5. The van der Waals surface area contributed by atoms with E-state index in [-0.39, 0.29) is 10.8 Å². The van der Waals surface area contributed by atoms with Crippen LogP contribution in [0, 0.1) is 28.6 Å². The standard InChI is InChI=1S/C27H39N3O3/c1-26-12-9-19(29-32-14-11-20-16-28-25(33-20)17-30(3)4)15-18(26)5-6-21-22-7-8-24(31)27(22,2)13-10-23(21)26/h15-16,21-23H,5-14,17H2,1-4H3. The molecule has 0 saturated heterocycles. The molecule has 180 valence electrons. The molecule has 4 aliphatic rings. The lowest BCUT2D eigenvalue weighted by atomic mass is 9.47. The van der Waals surface area contributed by atoms with E-state index in [4.69, 9.17) is 9.25 Å². The third-order valence-corrected chi connectivity index (χ3v) is 9.36. The van der Waals surface area contributed by atoms with Crippen molar-refractivity contribution in [3.8, 4) is 0 Å². The van der Waals surface area contributed by atoms with Crippen molar-refractivity contribution in [3.63, 3.8) is 0 Å². The van der Waals surface area contributed by atoms with Crippen molar-refractivity contribution in [2.24, 2.45) is 33.7 Å². The Balaban J connectivity index is 1.20. The minimum atomic E-state index is -0.0371. The number of rotatable bonds is 6. The van der Waals surface area contributed by atoms with Gasteiger partial charge in [0.2, 0.25) is 5.89 Å². The normalized spacial score (nSPS) is 37.0. The Bertz CT molecular complexity index is 964. The number of allylic oxidation sites excluding steroid dienone is 2. The van der Waals surface area contributed by atoms with Gasteiger partial charge in [-0.1, -0.05) is 24.6 Å². The van der Waals surface area contributed by atoms with Crippen LogP contribution in [0.15, 0.2) is 27.4 Å². The molecule has 0 aromatic carbocycles. The highest BCUT2D eigenvalue weighted by atomic mass is 16.6. The number of hydrogen-bond donors (Lipinski definition) is 0. The van der Waals surface area contributed by atoms with Gasteiger partial charge in [0, 0.05) is 18.3 Å². The van der Waals surface area contributed by atoms with Crippen LogP contribution in [-0.2, 0) is 22.6 Å². The number of fused-ring (bicyclic) bond motifs is 5. The molecule has 4 aliphatic carbocycles. The Morgan fingerprint density at radius 1 is 1.12 bits per heavy atom. The Morgan fingerprint density at radius 3 is 2.76 bits per heavy atom. The molecule has 1 aromatic rings. The van der Waals surface area contributed by atoms with Crippen LogP contribution in [0.5, 0.6) is 0 Å². The molecule has 3 saturated carbocycles. The fourth-order valence-electron chi connectivity index (χ4n) is 7.50. The molecule has 1 aromatic heterocycles. The van der Waals surface area contributed by atoms with Gasteiger partial charge in [-0.2, -0.15) is 0 Å². The van der Waals surface area contributed by atoms with E-state index in [2.05, 4.69) is 30.1 Å². The lowest BCUT2D eigenvalue weighted by Gasteiger charge is -2.57. The summed E-state index contributed by atoms with van der Waals surface area (Å²) in [6.45, 7) is 5.96. The quantitative estimate of drug-likeness (QED) is 0.438. The number of ketones is 1. The molecule has 6 nitrogen and oxygen atoms in total. The maximum Gasteiger partial charge on any atom is 0.208 e. The number of nitrogens with zero attached hydrogens (tertiary/aromatic N) is 3. The van der Waals surface area contributed by atoms with Crippen LogP contribution in [0.25, 0.3) is 0 Å². The molecule has 5 unspecified atom stereocenters. The first-order valence-corrected chi connectivity index (χ1v) is 12.8. The van der Waals surface area contributed by atoms with Gasteiger partial charge in [-0.3, -0.25) is 4.79 Å². The fraction of sp³-hybridized carbons (Fsp3) is 0.741. The smallest absolute Gasteiger partial charge is 0.208 e. The number of carbonyl (C=O) groups is 1. The molecule has 1 heterocycles. The molecule has 3 fully saturated rings. The summed E-state index contributed by atoms with van der Waals surface area (Å²) in [7, 11) is 4.00. The largest absolute Gasteiger partial charge is 0.444 e. The van der Waals surface area contributed by atoms with E-state index in [0.717, 1.165) is 55.9 Å². The van der Waals surface area contributed by atoms with Crippen LogP contribution in [0.1, 0.15) is 76.9 Å². The third-order valence-electron chi connectivity index (χ3n) is 9.36. The second-order valence-corrected chi connectivity index (χ2v) is 11.5. The van der Waals surface area contributed by atoms with Crippen molar-refractivity contribution in [1.82, 2.24) is 9.88 Å². The number of Topliss-reactive ketones (excluding diaryl/α,β-unsaturated/α-hetero) is 1. The molecular weight excluding hydrogens is 414 g/mol. The van der Waals surface area contributed by atoms with Gasteiger partial charge in [0.05, 0.1) is 18.5 Å². The van der Waals surface area contributed by atoms with Gasteiger partial charge < -0.3 is 14.2 Å². The Kier molecular flexibility index (Phi) is 6.00. The lowest BCUT2D eigenvalue weighted by Crippen LogP contribution is -2.50. The van der Waals surface area contributed by atoms with Gasteiger partial charge >= 0.3 is 0 Å². The second kappa shape index (κ2) is 8.68. The zero-order valence-corrected chi connectivity index (χ0v) is 20.7. The van der Waals surface area contributed by atoms with Crippen LogP contribution >= 0.6 is 0 Å². The van der Waals surface area contributed by atoms with Gasteiger partial charge in [-0.05, 0) is 88.3 Å². The molecule has 0 radical (unpaired) electrons. The predicted molar refractivity (Wildman–Crippen MR) is 128 cm³/mol. The molecule has 0 bridgehead atoms. The van der Waals surface area contributed by atoms with Gasteiger partial charge in [-0.15, -0.1) is 0 Å². The van der Waals surface area contributed by atoms with Crippen LogP contribution in [0.2, 0.25) is 0 Å². The highest BCUT2D eigenvalue weighted by Gasteiger charge is 2.58. The Hall–Kier alpha value is -1.95. The SMILES string of the molecule is CN(C)Cc1ncc(CCON=C2C=C3CCC4C5CCC(=O)C5(C)CCC4C3(C)CC2)o1. The Labute approximate surface area is 197 Å². The maximum absolute atomic E-state index is 12.6. The maximum atomic E-state index is 12.6. The van der Waals surface area contributed by atoms with Crippen LogP contribution in [0.4, 0.5) is 0 Å². The number of aromatic nitrogens is 1. The summed E-state index contributed by atoms with van der Waals surface area (Å²) in [6, 6.07) is 0. The van der Waals surface area contributed by atoms with Gasteiger partial charge in [-0.25, -0.2) is 4.98 Å². The molecule has 5 rings (SSSR count). The third kappa shape index (κ3) is 4.09. The molecule has 5 atom stereocenters. The van der Waals surface area contributed by atoms with Crippen LogP contribution < -0.4 is 0 Å². The number of carbonyl (C=O) groups excluding carboxylic acids is 1. The minimum Gasteiger partial charge on any atom is -0.444 e. The molecular formula is C27H39N3O3. The molecule has 0 spiro atoms. The highest BCUT2D eigenvalue weighted by molar-refractivity contribution is 5.96. The zero-order chi connectivity index (χ0) is 23.2. The first-order valence-electron chi connectivity index (χ1n) is 12.8. The first-order chi connectivity index (χ1) is 15.8. The number of oxime groups is 1. The molecule has 33 heavy (non-hydrogen) atoms. The van der Waals surface area contributed by atoms with E-state index in [1.54, 1.807) is 11.8 Å². The fourth-order valence-corrected chi connectivity index (χ4v) is 7.50. The average molecular weight is 454 g/mol. The summed E-state index contributed by atoms with van der Waals surface area (Å²) in [6.07, 6.45) is 13.5. The predicted octanol–water partition coefficient (Wildman–Crippen LogP) is 5.18. The van der Waals surface area contributed by atoms with Crippen LogP contribution in [-0.4, -0.2) is 42.1 Å². The van der Waals surface area contributed by atoms with Gasteiger partial charge in [0.25, 0.3) is 0 Å². The van der Waals surface area contributed by atoms with E-state index in [0.29, 0.717) is 43.1 Å². The van der Waals surface area contributed by atoms with Crippen molar-refractivity contribution in [2.75, 3.05) is 20.7 Å². The summed E-state index contributed by atoms with van der Waals surface area (Å²) in [5.74, 6) is 4.15. The van der Waals surface area contributed by atoms with E-state index in [1.165, 1.54) is 12.8 Å². The topological polar surface area (TPSA) is 67.9 Å². The van der Waals surface area contributed by atoms with Crippen molar-refractivity contribution in [3.05, 3.63) is 29.5 Å². The molecule has 0 amide bonds. The summed E-state index contributed by atoms with van der Waals surface area (Å²) in [5.41, 5.74) is 2.86. The van der Waals surface area contributed by atoms with E-state index < -0.39 is 0 Å². The molecule has 6 heteroatoms. The van der Waals surface area contributed by atoms with E-state index >= 15 is 0 Å². The molecule has 0 aliphatic heterocycles. The monoisotopic (exact) mass is 453 g/mol. The summed E-state index contributed by atoms with van der Waals surface area (Å²) in [5, 5.41) is 4.48. The summed E-state index contributed by atoms with van der Waals surface area (Å²) < 4.78 is 5.75. The summed E-state index contributed by atoms with van der Waals surface area (Å²) >= 11 is 0. The average Bonchev–Trinajstić information content (AvgIpc) is 3.34. The lowest BCUT2D eigenvalue weighted by molar-refractivity contribution is -0.132. The zero-order valence-electron chi connectivity index (χ0n) is 20.7. The summed E-state index contributed by atoms with van der Waals surface area (Å²) in [4.78, 5) is 24.6. The van der Waals surface area contributed by atoms with Crippen molar-refractivity contribution < 1.29 is 14.0 Å². The van der Waals surface area contributed by atoms with Crippen LogP contribution in [0.3, 0.4) is 0 Å². The highest BCUT2D eigenvalue weighted by Crippen LogP contribution is 2.64. The number of hydrogen-bond acceptors (Lipinski definition) is 6. The van der Waals surface area contributed by atoms with Gasteiger partial charge in [0.15, 0.2) is 0 Å². The van der Waals surface area contributed by atoms with Crippen molar-refractivity contribution in [1.29, 1.82) is 0 Å². The van der Waals surface area contributed by atoms with Crippen molar-refractivity contribution >= 4 is 11.5 Å². The Morgan fingerprint density at radius 2 is 1.94 bits per heavy atom.